The van der Waals surface area contributed by atoms with Crippen LogP contribution in [0.25, 0.3) is 0 Å². The topological polar surface area (TPSA) is 146 Å². The molecule has 2 N–H and O–H groups in total. The van der Waals surface area contributed by atoms with E-state index in [1.807, 2.05) is 77.7 Å². The van der Waals surface area contributed by atoms with Crippen LogP contribution >= 0.6 is 0 Å². The van der Waals surface area contributed by atoms with Crippen LogP contribution in [0, 0.1) is 23.7 Å². The molecule has 2 heterocycles. The summed E-state index contributed by atoms with van der Waals surface area (Å²) in [6.07, 6.45) is 11.3. The molecule has 65 heavy (non-hydrogen) atoms. The average Bonchev–Trinajstić information content (AvgIpc) is 4.08. The first-order chi connectivity index (χ1) is 31.9. The molecule has 340 valence electrons. The van der Waals surface area contributed by atoms with Gasteiger partial charge in [-0.05, 0) is 110 Å². The van der Waals surface area contributed by atoms with E-state index in [1.54, 1.807) is 24.3 Å². The number of aliphatic hydroxyl groups is 2. The third-order valence-corrected chi connectivity index (χ3v) is 13.5. The fourth-order valence-corrected chi connectivity index (χ4v) is 10.4. The van der Waals surface area contributed by atoms with Crippen LogP contribution in [0.2, 0.25) is 0 Å². The Balaban J connectivity index is 1.23. The average molecular weight is 883 g/mol. The molecule has 6 atom stereocenters. The van der Waals surface area contributed by atoms with Crippen LogP contribution in [0.4, 0.5) is 0 Å². The summed E-state index contributed by atoms with van der Waals surface area (Å²) in [5, 5.41) is 25.0. The molecule has 1 amide bonds. The van der Waals surface area contributed by atoms with E-state index in [0.29, 0.717) is 47.2 Å². The van der Waals surface area contributed by atoms with Gasteiger partial charge in [-0.2, -0.15) is 0 Å². The van der Waals surface area contributed by atoms with Crippen molar-refractivity contribution < 1.29 is 48.3 Å². The van der Waals surface area contributed by atoms with Crippen LogP contribution in [-0.2, 0) is 27.5 Å². The smallest absolute Gasteiger partial charge is 0.239 e. The minimum atomic E-state index is -1.41. The lowest BCUT2D eigenvalue weighted by Crippen LogP contribution is -2.70. The van der Waals surface area contributed by atoms with Gasteiger partial charge in [0, 0.05) is 49.1 Å². The summed E-state index contributed by atoms with van der Waals surface area (Å²) in [5.41, 5.74) is 4.97. The summed E-state index contributed by atoms with van der Waals surface area (Å²) in [4.78, 5) is 35.0. The van der Waals surface area contributed by atoms with Crippen LogP contribution in [0.5, 0.6) is 28.7 Å². The Morgan fingerprint density at radius 2 is 1.65 bits per heavy atom. The van der Waals surface area contributed by atoms with E-state index in [0.717, 1.165) is 72.8 Å². The Morgan fingerprint density at radius 1 is 0.862 bits per heavy atom. The fourth-order valence-electron chi connectivity index (χ4n) is 10.4. The van der Waals surface area contributed by atoms with E-state index in [2.05, 4.69) is 12.7 Å². The number of benzene rings is 4. The molecule has 0 spiro atoms. The van der Waals surface area contributed by atoms with E-state index in [-0.39, 0.29) is 75.8 Å². The van der Waals surface area contributed by atoms with Gasteiger partial charge in [0.1, 0.15) is 36.2 Å². The highest BCUT2D eigenvalue weighted by Gasteiger charge is 2.66. The Hall–Kier alpha value is -5.95. The van der Waals surface area contributed by atoms with E-state index < -0.39 is 17.7 Å². The van der Waals surface area contributed by atoms with Crippen LogP contribution in [-0.4, -0.2) is 71.5 Å². The van der Waals surface area contributed by atoms with Crippen LogP contribution < -0.4 is 18.9 Å². The standard InChI is InChI=1S/C53H58N2O10/c1-2-25-62-53-49(55(52(59)38-18-19-38)31-36-17-21-47-48(27-36)61-34-60-47)30-45(54-63-33-35-11-4-3-5-12-35)43-28-39(14-6-8-23-56)42(16-7-9-24-57)50(51(43)53)44-29-41(20-22-46(44)65-53)64-40-15-10-13-37(26-40)32-58/h2-5,10-13,15,17,20-22,26-29,32,38-39,42,49-51,56-57H,1,6-9,14,16,18-19,23-25,30-31,33-34H2. The molecule has 0 aromatic heterocycles. The number of carbonyl (C=O) groups is 2. The van der Waals surface area contributed by atoms with Gasteiger partial charge in [0.25, 0.3) is 0 Å². The Labute approximate surface area is 380 Å². The Kier molecular flexibility index (Phi) is 13.7. The fraction of sp³-hybridized carbons (Fsp3) is 0.415. The molecule has 5 aliphatic rings. The monoisotopic (exact) mass is 882 g/mol. The molecular formula is C53H58N2O10. The highest BCUT2D eigenvalue weighted by Crippen LogP contribution is 2.62. The zero-order valence-electron chi connectivity index (χ0n) is 36.7. The number of carbonyl (C=O) groups excluding carboxylic acids is 2. The van der Waals surface area contributed by atoms with Crippen molar-refractivity contribution in [2.45, 2.75) is 88.7 Å². The number of oxime groups is 1. The maximum Gasteiger partial charge on any atom is 0.239 e. The highest BCUT2D eigenvalue weighted by atomic mass is 16.7. The number of hydrogen-bond acceptors (Lipinski definition) is 11. The second kappa shape index (κ2) is 20.1. The van der Waals surface area contributed by atoms with E-state index >= 15 is 4.79 Å². The number of allylic oxidation sites excluding steroid dienone is 1. The molecule has 9 rings (SSSR count). The molecule has 12 heteroatoms. The highest BCUT2D eigenvalue weighted by molar-refractivity contribution is 6.03. The molecule has 12 nitrogen and oxygen atoms in total. The molecule has 2 aliphatic heterocycles. The lowest BCUT2D eigenvalue weighted by atomic mass is 9.55. The van der Waals surface area contributed by atoms with Crippen LogP contribution in [0.3, 0.4) is 0 Å². The quantitative estimate of drug-likeness (QED) is 0.0360. The number of aliphatic hydroxyl groups excluding tert-OH is 2. The van der Waals surface area contributed by atoms with Crippen molar-refractivity contribution >= 4 is 17.9 Å². The molecular weight excluding hydrogens is 825 g/mol. The van der Waals surface area contributed by atoms with Crippen molar-refractivity contribution in [3.8, 4) is 28.7 Å². The molecule has 0 bridgehead atoms. The van der Waals surface area contributed by atoms with Crippen molar-refractivity contribution in [2.24, 2.45) is 28.8 Å². The van der Waals surface area contributed by atoms with Crippen molar-refractivity contribution in [2.75, 3.05) is 26.6 Å². The largest absolute Gasteiger partial charge is 0.459 e. The van der Waals surface area contributed by atoms with Crippen molar-refractivity contribution in [1.29, 1.82) is 0 Å². The Bertz CT molecular complexity index is 2400. The normalized spacial score (nSPS) is 24.2. The molecule has 2 saturated carbocycles. The van der Waals surface area contributed by atoms with Crippen LogP contribution in [0.1, 0.15) is 90.8 Å². The van der Waals surface area contributed by atoms with Gasteiger partial charge in [0.05, 0.1) is 18.2 Å². The summed E-state index contributed by atoms with van der Waals surface area (Å²) >= 11 is 0. The number of amides is 1. The zero-order valence-corrected chi connectivity index (χ0v) is 36.7. The van der Waals surface area contributed by atoms with Gasteiger partial charge in [-0.3, -0.25) is 9.59 Å². The van der Waals surface area contributed by atoms with Crippen molar-refractivity contribution in [1.82, 2.24) is 4.90 Å². The Morgan fingerprint density at radius 3 is 2.43 bits per heavy atom. The van der Waals surface area contributed by atoms with Crippen molar-refractivity contribution in [3.05, 3.63) is 138 Å². The lowest BCUT2D eigenvalue weighted by Gasteiger charge is -2.60. The number of nitrogens with zero attached hydrogens (tertiary/aromatic N) is 2. The first kappa shape index (κ1) is 44.3. The molecule has 2 fully saturated rings. The van der Waals surface area contributed by atoms with Gasteiger partial charge >= 0.3 is 0 Å². The van der Waals surface area contributed by atoms with Gasteiger partial charge in [-0.15, -0.1) is 6.58 Å². The number of ether oxygens (including phenoxy) is 5. The summed E-state index contributed by atoms with van der Waals surface area (Å²) in [7, 11) is 0. The first-order valence-corrected chi connectivity index (χ1v) is 23.1. The zero-order chi connectivity index (χ0) is 44.8. The van der Waals surface area contributed by atoms with Crippen LogP contribution in [0.15, 0.2) is 120 Å². The second-order valence-corrected chi connectivity index (χ2v) is 17.8. The number of rotatable bonds is 21. The van der Waals surface area contributed by atoms with Gasteiger partial charge in [-0.25, -0.2) is 0 Å². The number of unbranched alkanes of at least 4 members (excludes halogenated alkanes) is 2. The molecule has 0 radical (unpaired) electrons. The molecule has 4 aromatic carbocycles. The summed E-state index contributed by atoms with van der Waals surface area (Å²) in [6.45, 7) is 5.06. The SMILES string of the molecule is C=CCOC12Oc3ccc(Oc4cccc(C=O)c4)cc3C3C(CCCCO)C(CCCCO)C=C(C(=NOCc4ccccc4)CC1N(Cc1ccc4c(c1)OCO4)C(=O)C1CC1)C32. The third-order valence-electron chi connectivity index (χ3n) is 13.5. The molecule has 3 aliphatic carbocycles. The summed E-state index contributed by atoms with van der Waals surface area (Å²) in [6, 6.07) is 28.0. The molecule has 0 saturated heterocycles. The van der Waals surface area contributed by atoms with Gasteiger partial charge in [0.15, 0.2) is 11.5 Å². The van der Waals surface area contributed by atoms with E-state index in [9.17, 15) is 15.0 Å². The molecule has 4 aromatic rings. The van der Waals surface area contributed by atoms with Gasteiger partial charge in [-0.1, -0.05) is 78.7 Å². The van der Waals surface area contributed by atoms with Gasteiger partial charge < -0.3 is 43.6 Å². The lowest BCUT2D eigenvalue weighted by molar-refractivity contribution is -0.258. The summed E-state index contributed by atoms with van der Waals surface area (Å²) in [5.74, 6) is 0.869. The summed E-state index contributed by atoms with van der Waals surface area (Å²) < 4.78 is 32.6. The molecule has 6 unspecified atom stereocenters. The maximum absolute atomic E-state index is 15.0. The van der Waals surface area contributed by atoms with Gasteiger partial charge in [0.2, 0.25) is 18.5 Å². The first-order valence-electron chi connectivity index (χ1n) is 23.1. The number of fused-ring (bicyclic) bond motifs is 3. The third kappa shape index (κ3) is 9.43. The number of hydrogen-bond donors (Lipinski definition) is 2. The maximum atomic E-state index is 15.0. The van der Waals surface area contributed by atoms with E-state index in [1.165, 1.54) is 0 Å². The minimum Gasteiger partial charge on any atom is -0.459 e. The second-order valence-electron chi connectivity index (χ2n) is 17.8. The van der Waals surface area contributed by atoms with Crippen molar-refractivity contribution in [3.63, 3.8) is 0 Å². The van der Waals surface area contributed by atoms with E-state index in [4.69, 9.17) is 33.7 Å². The predicted octanol–water partition coefficient (Wildman–Crippen LogP) is 9.29. The predicted molar refractivity (Wildman–Crippen MR) is 244 cm³/mol. The minimum absolute atomic E-state index is 0.0238. The number of aldehydes is 1.